The third kappa shape index (κ3) is 3.96. The van der Waals surface area contributed by atoms with E-state index in [0.717, 1.165) is 19.5 Å². The molecule has 1 N–H and O–H groups in total. The molecular formula is C13H26N2O2. The molecule has 0 aromatic heterocycles. The van der Waals surface area contributed by atoms with Crippen LogP contribution in [0.2, 0.25) is 0 Å². The van der Waals surface area contributed by atoms with Crippen LogP contribution in [0, 0.1) is 11.8 Å². The second kappa shape index (κ2) is 6.36. The maximum atomic E-state index is 11.5. The Kier molecular flexibility index (Phi) is 5.40. The molecule has 0 amide bonds. The number of esters is 1. The SMILES string of the molecule is COC(=O)C(C)C(C)NC1CCN(C)CC1C. The first kappa shape index (κ1) is 14.5. The van der Waals surface area contributed by atoms with Gasteiger partial charge in [0.25, 0.3) is 0 Å². The van der Waals surface area contributed by atoms with E-state index in [1.807, 2.05) is 6.92 Å². The Bertz CT molecular complexity index is 258. The van der Waals surface area contributed by atoms with Crippen molar-refractivity contribution in [1.82, 2.24) is 10.2 Å². The van der Waals surface area contributed by atoms with Gasteiger partial charge in [0.2, 0.25) is 0 Å². The number of carbonyl (C=O) groups excluding carboxylic acids is 1. The van der Waals surface area contributed by atoms with E-state index in [1.165, 1.54) is 7.11 Å². The minimum Gasteiger partial charge on any atom is -0.469 e. The molecule has 0 saturated carbocycles. The van der Waals surface area contributed by atoms with E-state index in [9.17, 15) is 4.79 Å². The number of ether oxygens (including phenoxy) is 1. The van der Waals surface area contributed by atoms with E-state index in [-0.39, 0.29) is 17.9 Å². The first-order valence-electron chi connectivity index (χ1n) is 6.48. The van der Waals surface area contributed by atoms with Gasteiger partial charge in [-0.25, -0.2) is 0 Å². The molecule has 4 atom stereocenters. The smallest absolute Gasteiger partial charge is 0.309 e. The van der Waals surface area contributed by atoms with Crippen molar-refractivity contribution in [2.24, 2.45) is 11.8 Å². The number of carbonyl (C=O) groups is 1. The van der Waals surface area contributed by atoms with Gasteiger partial charge in [0, 0.05) is 18.6 Å². The molecule has 0 aromatic rings. The zero-order valence-electron chi connectivity index (χ0n) is 11.7. The Balaban J connectivity index is 2.45. The third-order valence-corrected chi connectivity index (χ3v) is 3.91. The highest BCUT2D eigenvalue weighted by molar-refractivity contribution is 5.72. The lowest BCUT2D eigenvalue weighted by Crippen LogP contribution is -2.51. The highest BCUT2D eigenvalue weighted by Gasteiger charge is 2.28. The van der Waals surface area contributed by atoms with E-state index in [0.29, 0.717) is 12.0 Å². The van der Waals surface area contributed by atoms with Crippen molar-refractivity contribution in [2.45, 2.75) is 39.3 Å². The molecule has 1 aliphatic heterocycles. The Labute approximate surface area is 105 Å². The molecule has 0 aliphatic carbocycles. The summed E-state index contributed by atoms with van der Waals surface area (Å²) in [5.74, 6) is 0.401. The first-order valence-corrected chi connectivity index (χ1v) is 6.48. The number of methoxy groups -OCH3 is 1. The standard InChI is InChI=1S/C13H26N2O2/c1-9-8-15(4)7-6-12(9)14-11(3)10(2)13(16)17-5/h9-12,14H,6-8H2,1-5H3. The quantitative estimate of drug-likeness (QED) is 0.750. The number of likely N-dealkylation sites (tertiary alicyclic amines) is 1. The van der Waals surface area contributed by atoms with Crippen LogP contribution >= 0.6 is 0 Å². The van der Waals surface area contributed by atoms with Gasteiger partial charge in [-0.2, -0.15) is 0 Å². The number of nitrogens with one attached hydrogen (secondary N) is 1. The molecule has 1 saturated heterocycles. The Morgan fingerprint density at radius 3 is 2.65 bits per heavy atom. The minimum absolute atomic E-state index is 0.0909. The van der Waals surface area contributed by atoms with Crippen molar-refractivity contribution in [2.75, 3.05) is 27.2 Å². The number of hydrogen-bond acceptors (Lipinski definition) is 4. The lowest BCUT2D eigenvalue weighted by atomic mass is 9.92. The zero-order valence-corrected chi connectivity index (χ0v) is 11.7. The van der Waals surface area contributed by atoms with Crippen LogP contribution in [0.15, 0.2) is 0 Å². The summed E-state index contributed by atoms with van der Waals surface area (Å²) in [6, 6.07) is 0.673. The number of hydrogen-bond donors (Lipinski definition) is 1. The van der Waals surface area contributed by atoms with Crippen LogP contribution in [0.1, 0.15) is 27.2 Å². The van der Waals surface area contributed by atoms with E-state index in [4.69, 9.17) is 4.74 Å². The zero-order chi connectivity index (χ0) is 13.0. The second-order valence-electron chi connectivity index (χ2n) is 5.40. The highest BCUT2D eigenvalue weighted by atomic mass is 16.5. The van der Waals surface area contributed by atoms with Crippen LogP contribution in [0.4, 0.5) is 0 Å². The van der Waals surface area contributed by atoms with Crippen molar-refractivity contribution in [3.63, 3.8) is 0 Å². The average molecular weight is 242 g/mol. The van der Waals surface area contributed by atoms with Crippen LogP contribution in [0.25, 0.3) is 0 Å². The Morgan fingerprint density at radius 1 is 1.47 bits per heavy atom. The summed E-state index contributed by atoms with van der Waals surface area (Å²) in [4.78, 5) is 13.8. The molecule has 4 unspecified atom stereocenters. The van der Waals surface area contributed by atoms with Gasteiger partial charge in [-0.1, -0.05) is 13.8 Å². The summed E-state index contributed by atoms with van der Waals surface area (Å²) in [5.41, 5.74) is 0. The summed E-state index contributed by atoms with van der Waals surface area (Å²) in [5, 5.41) is 3.58. The Hall–Kier alpha value is -0.610. The second-order valence-corrected chi connectivity index (χ2v) is 5.40. The predicted molar refractivity (Wildman–Crippen MR) is 68.8 cm³/mol. The van der Waals surface area contributed by atoms with Crippen molar-refractivity contribution in [1.29, 1.82) is 0 Å². The van der Waals surface area contributed by atoms with Gasteiger partial charge in [-0.15, -0.1) is 0 Å². The van der Waals surface area contributed by atoms with Crippen molar-refractivity contribution >= 4 is 5.97 Å². The summed E-state index contributed by atoms with van der Waals surface area (Å²) in [6.45, 7) is 8.50. The molecule has 1 fully saturated rings. The number of nitrogens with zero attached hydrogens (tertiary/aromatic N) is 1. The van der Waals surface area contributed by atoms with Crippen molar-refractivity contribution in [3.8, 4) is 0 Å². The van der Waals surface area contributed by atoms with E-state index < -0.39 is 0 Å². The maximum Gasteiger partial charge on any atom is 0.309 e. The normalized spacial score (nSPS) is 29.7. The molecule has 0 spiro atoms. The fourth-order valence-corrected chi connectivity index (χ4v) is 2.47. The fraction of sp³-hybridized carbons (Fsp3) is 0.923. The van der Waals surface area contributed by atoms with Gasteiger partial charge in [0.05, 0.1) is 13.0 Å². The largest absolute Gasteiger partial charge is 0.469 e. The number of piperidine rings is 1. The maximum absolute atomic E-state index is 11.5. The molecule has 100 valence electrons. The van der Waals surface area contributed by atoms with Crippen LogP contribution in [-0.4, -0.2) is 50.2 Å². The van der Waals surface area contributed by atoms with Gasteiger partial charge >= 0.3 is 5.97 Å². The summed E-state index contributed by atoms with van der Waals surface area (Å²) >= 11 is 0. The van der Waals surface area contributed by atoms with Crippen LogP contribution in [0.5, 0.6) is 0 Å². The van der Waals surface area contributed by atoms with Crippen molar-refractivity contribution in [3.05, 3.63) is 0 Å². The molecule has 4 heteroatoms. The van der Waals surface area contributed by atoms with Gasteiger partial charge in [-0.3, -0.25) is 4.79 Å². The van der Waals surface area contributed by atoms with Crippen LogP contribution in [0.3, 0.4) is 0 Å². The van der Waals surface area contributed by atoms with Crippen LogP contribution in [-0.2, 0) is 9.53 Å². The van der Waals surface area contributed by atoms with Gasteiger partial charge in [0.1, 0.15) is 0 Å². The first-order chi connectivity index (χ1) is 7.95. The number of rotatable bonds is 4. The lowest BCUT2D eigenvalue weighted by molar-refractivity contribution is -0.145. The molecule has 1 rings (SSSR count). The molecule has 1 aliphatic rings. The summed E-state index contributed by atoms with van der Waals surface area (Å²) < 4.78 is 4.78. The minimum atomic E-state index is -0.134. The third-order valence-electron chi connectivity index (χ3n) is 3.91. The highest BCUT2D eigenvalue weighted by Crippen LogP contribution is 2.17. The molecule has 0 radical (unpaired) electrons. The lowest BCUT2D eigenvalue weighted by Gasteiger charge is -2.37. The van der Waals surface area contributed by atoms with E-state index in [2.05, 4.69) is 31.1 Å². The summed E-state index contributed by atoms with van der Waals surface area (Å²) in [7, 11) is 3.61. The molecule has 4 nitrogen and oxygen atoms in total. The van der Waals surface area contributed by atoms with Gasteiger partial charge in [-0.05, 0) is 32.9 Å². The molecule has 17 heavy (non-hydrogen) atoms. The summed E-state index contributed by atoms with van der Waals surface area (Å²) in [6.07, 6.45) is 1.15. The van der Waals surface area contributed by atoms with Gasteiger partial charge < -0.3 is 15.0 Å². The van der Waals surface area contributed by atoms with E-state index in [1.54, 1.807) is 0 Å². The van der Waals surface area contributed by atoms with Crippen molar-refractivity contribution < 1.29 is 9.53 Å². The molecular weight excluding hydrogens is 216 g/mol. The fourth-order valence-electron chi connectivity index (χ4n) is 2.47. The average Bonchev–Trinajstić information content (AvgIpc) is 2.30. The molecule has 0 bridgehead atoms. The predicted octanol–water partition coefficient (Wildman–Crippen LogP) is 1.11. The molecule has 0 aromatic carbocycles. The van der Waals surface area contributed by atoms with Crippen LogP contribution < -0.4 is 5.32 Å². The van der Waals surface area contributed by atoms with E-state index >= 15 is 0 Å². The topological polar surface area (TPSA) is 41.6 Å². The van der Waals surface area contributed by atoms with Gasteiger partial charge in [0.15, 0.2) is 0 Å². The monoisotopic (exact) mass is 242 g/mol. The molecule has 1 heterocycles. The Morgan fingerprint density at radius 2 is 2.12 bits per heavy atom.